The average molecular weight is 365 g/mol. The summed E-state index contributed by atoms with van der Waals surface area (Å²) >= 11 is 0. The Labute approximate surface area is 157 Å². The van der Waals surface area contributed by atoms with Gasteiger partial charge >= 0.3 is 0 Å². The van der Waals surface area contributed by atoms with Crippen molar-refractivity contribution in [3.05, 3.63) is 48.0 Å². The number of benzene rings is 1. The zero-order chi connectivity index (χ0) is 18.4. The summed E-state index contributed by atoms with van der Waals surface area (Å²) in [7, 11) is 0. The molecule has 1 saturated carbocycles. The van der Waals surface area contributed by atoms with Crippen LogP contribution in [0.2, 0.25) is 0 Å². The fourth-order valence-electron chi connectivity index (χ4n) is 4.59. The molecule has 7 nitrogen and oxygen atoms in total. The Morgan fingerprint density at radius 1 is 1.15 bits per heavy atom. The number of aliphatic hydroxyl groups is 2. The van der Waals surface area contributed by atoms with Crippen LogP contribution in [0.15, 0.2) is 36.9 Å². The topological polar surface area (TPSA) is 96.1 Å². The fraction of sp³-hybridized carbons (Fsp3) is 0.450. The Morgan fingerprint density at radius 3 is 2.89 bits per heavy atom. The molecule has 0 radical (unpaired) electrons. The van der Waals surface area contributed by atoms with Crippen molar-refractivity contribution >= 4 is 17.0 Å². The number of nitrogens with zero attached hydrogens (tertiary/aromatic N) is 4. The van der Waals surface area contributed by atoms with Gasteiger partial charge in [0.15, 0.2) is 11.5 Å². The minimum atomic E-state index is -0.480. The molecule has 2 aromatic heterocycles. The molecule has 5 rings (SSSR count). The van der Waals surface area contributed by atoms with E-state index in [0.717, 1.165) is 36.2 Å². The summed E-state index contributed by atoms with van der Waals surface area (Å²) in [6, 6.07) is 8.85. The maximum Gasteiger partial charge on any atom is 0.165 e. The van der Waals surface area contributed by atoms with E-state index in [-0.39, 0.29) is 24.6 Å². The molecule has 2 heterocycles. The Bertz CT molecular complexity index is 972. The van der Waals surface area contributed by atoms with Gasteiger partial charge in [0, 0.05) is 18.6 Å². The summed E-state index contributed by atoms with van der Waals surface area (Å²) in [6.07, 6.45) is 6.32. The Hall–Kier alpha value is -2.51. The molecule has 2 aliphatic carbocycles. The van der Waals surface area contributed by atoms with E-state index in [1.807, 2.05) is 4.57 Å². The second kappa shape index (κ2) is 6.58. The van der Waals surface area contributed by atoms with Crippen LogP contribution in [0.3, 0.4) is 0 Å². The highest BCUT2D eigenvalue weighted by Gasteiger charge is 2.34. The molecule has 0 amide bonds. The monoisotopic (exact) mass is 365 g/mol. The SMILES string of the molecule is OC[C@H]1C[C@@H](n2cnc3c(N[C@H]4CCc5ccccc54)ncnc32)C[C@@H]1O. The summed E-state index contributed by atoms with van der Waals surface area (Å²) in [5, 5.41) is 23.1. The van der Waals surface area contributed by atoms with Crippen LogP contribution in [0.4, 0.5) is 5.82 Å². The van der Waals surface area contributed by atoms with Crippen molar-refractivity contribution in [3.63, 3.8) is 0 Å². The van der Waals surface area contributed by atoms with E-state index in [2.05, 4.69) is 44.5 Å². The summed E-state index contributed by atoms with van der Waals surface area (Å²) in [5.41, 5.74) is 4.24. The molecule has 0 bridgehead atoms. The zero-order valence-electron chi connectivity index (χ0n) is 15.0. The maximum atomic E-state index is 10.1. The van der Waals surface area contributed by atoms with E-state index in [0.29, 0.717) is 6.42 Å². The Kier molecular flexibility index (Phi) is 4.06. The lowest BCUT2D eigenvalue weighted by Gasteiger charge is -2.15. The first-order valence-electron chi connectivity index (χ1n) is 9.55. The van der Waals surface area contributed by atoms with Gasteiger partial charge in [-0.05, 0) is 36.8 Å². The fourth-order valence-corrected chi connectivity index (χ4v) is 4.59. The van der Waals surface area contributed by atoms with Gasteiger partial charge in [0.25, 0.3) is 0 Å². The highest BCUT2D eigenvalue weighted by molar-refractivity contribution is 5.83. The van der Waals surface area contributed by atoms with E-state index in [1.54, 1.807) is 12.7 Å². The number of anilines is 1. The lowest BCUT2D eigenvalue weighted by molar-refractivity contribution is 0.0906. The summed E-state index contributed by atoms with van der Waals surface area (Å²) < 4.78 is 2.02. The Morgan fingerprint density at radius 2 is 2.04 bits per heavy atom. The number of aryl methyl sites for hydroxylation is 1. The van der Waals surface area contributed by atoms with Crippen molar-refractivity contribution in [2.24, 2.45) is 5.92 Å². The van der Waals surface area contributed by atoms with E-state index in [4.69, 9.17) is 0 Å². The average Bonchev–Trinajstić information content (AvgIpc) is 3.39. The number of aromatic nitrogens is 4. The molecule has 0 spiro atoms. The van der Waals surface area contributed by atoms with Crippen LogP contribution in [0.1, 0.15) is 42.5 Å². The van der Waals surface area contributed by atoms with Crippen LogP contribution in [0.5, 0.6) is 0 Å². The van der Waals surface area contributed by atoms with Gasteiger partial charge in [-0.25, -0.2) is 15.0 Å². The lowest BCUT2D eigenvalue weighted by atomic mass is 10.1. The molecular weight excluding hydrogens is 342 g/mol. The molecule has 3 N–H and O–H groups in total. The van der Waals surface area contributed by atoms with Crippen LogP contribution in [-0.4, -0.2) is 42.4 Å². The number of aliphatic hydroxyl groups excluding tert-OH is 2. The zero-order valence-corrected chi connectivity index (χ0v) is 15.0. The number of imidazole rings is 1. The van der Waals surface area contributed by atoms with Crippen LogP contribution < -0.4 is 5.32 Å². The molecule has 27 heavy (non-hydrogen) atoms. The van der Waals surface area contributed by atoms with Gasteiger partial charge in [-0.15, -0.1) is 0 Å². The lowest BCUT2D eigenvalue weighted by Crippen LogP contribution is -2.16. The number of fused-ring (bicyclic) bond motifs is 2. The maximum absolute atomic E-state index is 10.1. The van der Waals surface area contributed by atoms with Gasteiger partial charge in [-0.1, -0.05) is 24.3 Å². The minimum absolute atomic E-state index is 0.00712. The highest BCUT2D eigenvalue weighted by atomic mass is 16.3. The third kappa shape index (κ3) is 2.78. The second-order valence-electron chi connectivity index (χ2n) is 7.62. The van der Waals surface area contributed by atoms with E-state index in [9.17, 15) is 10.2 Å². The molecule has 2 aliphatic rings. The quantitative estimate of drug-likeness (QED) is 0.656. The van der Waals surface area contributed by atoms with Crippen LogP contribution in [0, 0.1) is 5.92 Å². The van der Waals surface area contributed by atoms with Gasteiger partial charge in [-0.2, -0.15) is 0 Å². The van der Waals surface area contributed by atoms with Crippen molar-refractivity contribution in [1.29, 1.82) is 0 Å². The molecule has 0 unspecified atom stereocenters. The molecule has 3 aromatic rings. The first-order chi connectivity index (χ1) is 13.2. The first kappa shape index (κ1) is 16.6. The van der Waals surface area contributed by atoms with Crippen molar-refractivity contribution in [2.45, 2.75) is 43.9 Å². The van der Waals surface area contributed by atoms with Crippen molar-refractivity contribution < 1.29 is 10.2 Å². The molecular formula is C20H23N5O2. The smallest absolute Gasteiger partial charge is 0.165 e. The summed E-state index contributed by atoms with van der Waals surface area (Å²) in [5.74, 6) is 0.666. The van der Waals surface area contributed by atoms with Crippen molar-refractivity contribution in [2.75, 3.05) is 11.9 Å². The summed E-state index contributed by atoms with van der Waals surface area (Å²) in [6.45, 7) is 0.00712. The van der Waals surface area contributed by atoms with Crippen LogP contribution >= 0.6 is 0 Å². The van der Waals surface area contributed by atoms with Gasteiger partial charge in [0.1, 0.15) is 11.8 Å². The minimum Gasteiger partial charge on any atom is -0.396 e. The molecule has 0 aliphatic heterocycles. The third-order valence-corrected chi connectivity index (χ3v) is 6.06. The second-order valence-corrected chi connectivity index (χ2v) is 7.62. The highest BCUT2D eigenvalue weighted by Crippen LogP contribution is 2.38. The van der Waals surface area contributed by atoms with Gasteiger partial charge in [-0.3, -0.25) is 0 Å². The van der Waals surface area contributed by atoms with Crippen LogP contribution in [-0.2, 0) is 6.42 Å². The van der Waals surface area contributed by atoms with Gasteiger partial charge < -0.3 is 20.1 Å². The molecule has 7 heteroatoms. The number of rotatable bonds is 4. The molecule has 140 valence electrons. The predicted molar refractivity (Wildman–Crippen MR) is 101 cm³/mol. The summed E-state index contributed by atoms with van der Waals surface area (Å²) in [4.78, 5) is 13.5. The Balaban J connectivity index is 1.45. The number of hydrogen-bond donors (Lipinski definition) is 3. The number of nitrogens with one attached hydrogen (secondary N) is 1. The molecule has 1 aromatic carbocycles. The third-order valence-electron chi connectivity index (χ3n) is 6.06. The van der Waals surface area contributed by atoms with E-state index in [1.165, 1.54) is 11.1 Å². The normalized spacial score (nSPS) is 27.2. The predicted octanol–water partition coefficient (Wildman–Crippen LogP) is 2.23. The standard InChI is InChI=1S/C20H23N5O2/c26-9-13-7-14(8-17(13)27)25-11-23-18-19(21-10-22-20(18)25)24-16-6-5-12-3-1-2-4-15(12)16/h1-4,10-11,13-14,16-17,26-27H,5-9H2,(H,21,22,24)/t13-,14-,16+,17+/m1/s1. The van der Waals surface area contributed by atoms with Crippen molar-refractivity contribution in [3.8, 4) is 0 Å². The van der Waals surface area contributed by atoms with E-state index < -0.39 is 6.10 Å². The van der Waals surface area contributed by atoms with Crippen molar-refractivity contribution in [1.82, 2.24) is 19.5 Å². The molecule has 1 fully saturated rings. The largest absolute Gasteiger partial charge is 0.396 e. The van der Waals surface area contributed by atoms with Gasteiger partial charge in [0.05, 0.1) is 18.5 Å². The van der Waals surface area contributed by atoms with Gasteiger partial charge in [0.2, 0.25) is 0 Å². The molecule has 0 saturated heterocycles. The van der Waals surface area contributed by atoms with E-state index >= 15 is 0 Å². The number of hydrogen-bond acceptors (Lipinski definition) is 6. The molecule has 4 atom stereocenters. The first-order valence-corrected chi connectivity index (χ1v) is 9.55. The van der Waals surface area contributed by atoms with Crippen LogP contribution in [0.25, 0.3) is 11.2 Å².